The molecule has 0 atom stereocenters. The summed E-state index contributed by atoms with van der Waals surface area (Å²) in [6.07, 6.45) is 8.52. The predicted octanol–water partition coefficient (Wildman–Crippen LogP) is 0.839. The molecule has 12 heavy (non-hydrogen) atoms. The second-order valence-corrected chi connectivity index (χ2v) is 7.88. The zero-order valence-electron chi connectivity index (χ0n) is 6.33. The molecule has 0 aliphatic carbocycles. The van der Waals surface area contributed by atoms with Crippen molar-refractivity contribution in [1.29, 1.82) is 0 Å². The van der Waals surface area contributed by atoms with Gasteiger partial charge in [0.2, 0.25) is 0 Å². The quantitative estimate of drug-likeness (QED) is 0.741. The van der Waals surface area contributed by atoms with E-state index in [0.29, 0.717) is 26.7 Å². The average Bonchev–Trinajstić information content (AvgIpc) is 2.74. The minimum atomic E-state index is 0.565. The molecule has 0 radical (unpaired) electrons. The van der Waals surface area contributed by atoms with Gasteiger partial charge in [0, 0.05) is 0 Å². The molecule has 2 aromatic rings. The van der Waals surface area contributed by atoms with Crippen LogP contribution in [0.25, 0.3) is 0 Å². The zero-order valence-corrected chi connectivity index (χ0v) is 9.76. The van der Waals surface area contributed by atoms with Crippen LogP contribution in [0.15, 0.2) is 49.1 Å². The second kappa shape index (κ2) is 4.01. The molecule has 0 saturated carbocycles. The molecule has 0 spiro atoms. The summed E-state index contributed by atoms with van der Waals surface area (Å²) in [7, 11) is 0. The number of aromatic nitrogens is 2. The minimum absolute atomic E-state index is 0.565. The number of nitrogens with zero attached hydrogens (tertiary/aromatic N) is 2. The van der Waals surface area contributed by atoms with Gasteiger partial charge in [-0.3, -0.25) is 0 Å². The molecule has 62 valence electrons. The van der Waals surface area contributed by atoms with E-state index in [-0.39, 0.29) is 0 Å². The van der Waals surface area contributed by atoms with Crippen LogP contribution in [0.3, 0.4) is 0 Å². The van der Waals surface area contributed by atoms with Crippen molar-refractivity contribution in [2.75, 3.05) is 0 Å². The van der Waals surface area contributed by atoms with E-state index in [1.807, 2.05) is 0 Å². The van der Waals surface area contributed by atoms with Crippen molar-refractivity contribution in [3.63, 3.8) is 0 Å². The molecular weight excluding hydrogens is 282 g/mol. The Morgan fingerprint density at radius 1 is 0.583 bits per heavy atom. The van der Waals surface area contributed by atoms with Crippen LogP contribution in [0.2, 0.25) is 0 Å². The van der Waals surface area contributed by atoms with E-state index in [1.165, 1.54) is 0 Å². The van der Waals surface area contributed by atoms with Gasteiger partial charge in [0.15, 0.2) is 0 Å². The average molecular weight is 290 g/mol. The standard InChI is InChI=1S/C8H8N2Se2/c1-2-6-9(5-1)11-12-10-7-3-4-8-10/h1-8H. The summed E-state index contributed by atoms with van der Waals surface area (Å²) in [5.74, 6) is 0. The van der Waals surface area contributed by atoms with Gasteiger partial charge in [-0.15, -0.1) is 0 Å². The topological polar surface area (TPSA) is 9.86 Å². The summed E-state index contributed by atoms with van der Waals surface area (Å²) in [5.41, 5.74) is 0. The van der Waals surface area contributed by atoms with Crippen LogP contribution in [0.1, 0.15) is 0 Å². The summed E-state index contributed by atoms with van der Waals surface area (Å²) in [5, 5.41) is 0. The van der Waals surface area contributed by atoms with Crippen LogP contribution in [0, 0.1) is 0 Å². The SMILES string of the molecule is c1ccn([Se][Se]n2cccc2)c1. The van der Waals surface area contributed by atoms with E-state index in [2.05, 4.69) is 56.2 Å². The number of rotatable bonds is 3. The summed E-state index contributed by atoms with van der Waals surface area (Å²) < 4.78 is 4.54. The van der Waals surface area contributed by atoms with E-state index >= 15 is 0 Å². The molecule has 4 heteroatoms. The predicted molar refractivity (Wildman–Crippen MR) is 51.2 cm³/mol. The monoisotopic (exact) mass is 292 g/mol. The Balaban J connectivity index is 1.91. The molecule has 0 unspecified atom stereocenters. The molecule has 2 heterocycles. The van der Waals surface area contributed by atoms with E-state index in [1.54, 1.807) is 0 Å². The molecule has 0 aliphatic rings. The van der Waals surface area contributed by atoms with Crippen LogP contribution >= 0.6 is 0 Å². The van der Waals surface area contributed by atoms with E-state index in [9.17, 15) is 0 Å². The van der Waals surface area contributed by atoms with Crippen LogP contribution in [-0.4, -0.2) is 33.9 Å². The first-order valence-corrected chi connectivity index (χ1v) is 9.43. The first-order valence-electron chi connectivity index (χ1n) is 3.56. The fraction of sp³-hybridized carbons (Fsp3) is 0. The molecule has 0 bridgehead atoms. The maximum absolute atomic E-state index is 2.27. The third kappa shape index (κ3) is 2.05. The summed E-state index contributed by atoms with van der Waals surface area (Å²) >= 11 is 1.13. The molecule has 0 aliphatic heterocycles. The summed E-state index contributed by atoms with van der Waals surface area (Å²) in [4.78, 5) is 0. The van der Waals surface area contributed by atoms with Gasteiger partial charge < -0.3 is 0 Å². The van der Waals surface area contributed by atoms with Crippen molar-refractivity contribution in [2.45, 2.75) is 0 Å². The van der Waals surface area contributed by atoms with Gasteiger partial charge >= 0.3 is 82.9 Å². The molecular formula is C8H8N2Se2. The molecule has 0 aromatic carbocycles. The van der Waals surface area contributed by atoms with Gasteiger partial charge in [-0.2, -0.15) is 0 Å². The van der Waals surface area contributed by atoms with Crippen molar-refractivity contribution >= 4 is 26.7 Å². The Bertz CT molecular complexity index is 278. The molecule has 2 rings (SSSR count). The number of hydrogen-bond donors (Lipinski definition) is 0. The fourth-order valence-corrected chi connectivity index (χ4v) is 5.99. The van der Waals surface area contributed by atoms with Gasteiger partial charge in [0.05, 0.1) is 0 Å². The number of hydrogen-bond acceptors (Lipinski definition) is 0. The fourth-order valence-electron chi connectivity index (χ4n) is 0.814. The van der Waals surface area contributed by atoms with Gasteiger partial charge in [0.1, 0.15) is 0 Å². The van der Waals surface area contributed by atoms with E-state index in [0.717, 1.165) is 0 Å². The van der Waals surface area contributed by atoms with Crippen LogP contribution in [-0.2, 0) is 0 Å². The normalized spacial score (nSPS) is 10.3. The molecule has 0 fully saturated rings. The van der Waals surface area contributed by atoms with Gasteiger partial charge in [-0.1, -0.05) is 0 Å². The molecule has 2 nitrogen and oxygen atoms in total. The van der Waals surface area contributed by atoms with Crippen molar-refractivity contribution in [3.05, 3.63) is 49.1 Å². The Morgan fingerprint density at radius 3 is 1.25 bits per heavy atom. The van der Waals surface area contributed by atoms with Gasteiger partial charge in [-0.05, 0) is 0 Å². The van der Waals surface area contributed by atoms with Crippen molar-refractivity contribution < 1.29 is 0 Å². The molecule has 0 amide bonds. The van der Waals surface area contributed by atoms with Gasteiger partial charge in [-0.25, -0.2) is 0 Å². The second-order valence-electron chi connectivity index (χ2n) is 2.23. The third-order valence-electron chi connectivity index (χ3n) is 1.36. The summed E-state index contributed by atoms with van der Waals surface area (Å²) in [6.45, 7) is 0. The zero-order chi connectivity index (χ0) is 8.23. The van der Waals surface area contributed by atoms with E-state index < -0.39 is 0 Å². The first kappa shape index (κ1) is 8.21. The van der Waals surface area contributed by atoms with Crippen LogP contribution in [0.5, 0.6) is 0 Å². The molecule has 2 aromatic heterocycles. The van der Waals surface area contributed by atoms with Crippen molar-refractivity contribution in [2.24, 2.45) is 0 Å². The Hall–Kier alpha value is -0.401. The van der Waals surface area contributed by atoms with E-state index in [4.69, 9.17) is 0 Å². The first-order chi connectivity index (χ1) is 5.95. The maximum atomic E-state index is 2.27. The third-order valence-corrected chi connectivity index (χ3v) is 7.72. The van der Waals surface area contributed by atoms with Gasteiger partial charge in [0.25, 0.3) is 0 Å². The Kier molecular flexibility index (Phi) is 2.75. The van der Waals surface area contributed by atoms with Crippen molar-refractivity contribution in [3.8, 4) is 0 Å². The van der Waals surface area contributed by atoms with Crippen LogP contribution < -0.4 is 0 Å². The molecule has 0 saturated heterocycles. The Morgan fingerprint density at radius 2 is 0.917 bits per heavy atom. The summed E-state index contributed by atoms with van der Waals surface area (Å²) in [6, 6.07) is 8.31. The Labute approximate surface area is 82.9 Å². The van der Waals surface area contributed by atoms with Crippen LogP contribution in [0.4, 0.5) is 0 Å². The molecule has 0 N–H and O–H groups in total. The van der Waals surface area contributed by atoms with Crippen molar-refractivity contribution in [1.82, 2.24) is 7.17 Å².